The molecule has 4 rings (SSSR count). The van der Waals surface area contributed by atoms with Crippen LogP contribution in [0.15, 0.2) is 38.9 Å². The van der Waals surface area contributed by atoms with Crippen molar-refractivity contribution in [1.29, 1.82) is 0 Å². The number of likely N-dealkylation sites (N-methyl/N-ethyl adjacent to an activating group) is 2. The number of amides is 1. The van der Waals surface area contributed by atoms with Gasteiger partial charge < -0.3 is 20.0 Å². The lowest BCUT2D eigenvalue weighted by molar-refractivity contribution is 0.0997. The van der Waals surface area contributed by atoms with Crippen LogP contribution in [0, 0.1) is 0 Å². The van der Waals surface area contributed by atoms with Crippen molar-refractivity contribution in [2.45, 2.75) is 13.8 Å². The minimum Gasteiger partial charge on any atom is -0.422 e. The number of thiophene rings is 1. The molecule has 0 bridgehead atoms. The molecule has 0 aliphatic carbocycles. The molecule has 0 radical (unpaired) electrons. The standard InChI is InChI=1S/C20H21N3O3S/c1-3-22-7-8-23(4-2)14-11-15-12(10-13(14)22)17(16-6-5-9-27-16)18(19(21)24)20(25)26-15/h5-6,9-11H,3-4,7-8H2,1-2H3,(H2,21,24). The third-order valence-electron chi connectivity index (χ3n) is 5.10. The highest BCUT2D eigenvalue weighted by Crippen LogP contribution is 2.41. The first-order valence-electron chi connectivity index (χ1n) is 9.03. The number of hydrogen-bond donors (Lipinski definition) is 1. The number of benzene rings is 1. The van der Waals surface area contributed by atoms with E-state index in [1.807, 2.05) is 29.6 Å². The average Bonchev–Trinajstić information content (AvgIpc) is 3.18. The van der Waals surface area contributed by atoms with Gasteiger partial charge in [-0.25, -0.2) is 4.79 Å². The van der Waals surface area contributed by atoms with E-state index in [1.165, 1.54) is 11.3 Å². The lowest BCUT2D eigenvalue weighted by atomic mass is 10.00. The summed E-state index contributed by atoms with van der Waals surface area (Å²) in [5.41, 5.74) is 7.93. The van der Waals surface area contributed by atoms with Crippen LogP contribution < -0.4 is 21.2 Å². The highest BCUT2D eigenvalue weighted by Gasteiger charge is 2.26. The van der Waals surface area contributed by atoms with E-state index in [1.54, 1.807) is 0 Å². The van der Waals surface area contributed by atoms with Crippen LogP contribution in [0.1, 0.15) is 24.2 Å². The van der Waals surface area contributed by atoms with Gasteiger partial charge >= 0.3 is 5.63 Å². The van der Waals surface area contributed by atoms with E-state index in [0.717, 1.165) is 47.8 Å². The molecule has 0 unspecified atom stereocenters. The summed E-state index contributed by atoms with van der Waals surface area (Å²) in [6.07, 6.45) is 0. The van der Waals surface area contributed by atoms with Gasteiger partial charge in [0.05, 0.1) is 11.4 Å². The van der Waals surface area contributed by atoms with E-state index < -0.39 is 11.5 Å². The quantitative estimate of drug-likeness (QED) is 0.700. The van der Waals surface area contributed by atoms with E-state index in [2.05, 4.69) is 23.6 Å². The van der Waals surface area contributed by atoms with Gasteiger partial charge in [-0.1, -0.05) is 6.07 Å². The molecule has 3 aromatic rings. The summed E-state index contributed by atoms with van der Waals surface area (Å²) in [5, 5.41) is 2.65. The Morgan fingerprint density at radius 3 is 2.41 bits per heavy atom. The molecular weight excluding hydrogens is 362 g/mol. The Bertz CT molecular complexity index is 1070. The molecule has 3 heterocycles. The summed E-state index contributed by atoms with van der Waals surface area (Å²) in [7, 11) is 0. The Morgan fingerprint density at radius 2 is 1.85 bits per heavy atom. The van der Waals surface area contributed by atoms with Crippen LogP contribution in [0.4, 0.5) is 11.4 Å². The SMILES string of the molecule is CCN1CCN(CC)c2cc3c(-c4cccs4)c(C(N)=O)c(=O)oc3cc21. The zero-order valence-electron chi connectivity index (χ0n) is 15.3. The molecule has 0 fully saturated rings. The lowest BCUT2D eigenvalue weighted by Crippen LogP contribution is -2.40. The summed E-state index contributed by atoms with van der Waals surface area (Å²) >= 11 is 1.47. The number of primary amides is 1. The van der Waals surface area contributed by atoms with Crippen molar-refractivity contribution in [1.82, 2.24) is 0 Å². The van der Waals surface area contributed by atoms with Gasteiger partial charge in [-0.2, -0.15) is 0 Å². The molecule has 27 heavy (non-hydrogen) atoms. The van der Waals surface area contributed by atoms with Crippen molar-refractivity contribution in [2.75, 3.05) is 36.0 Å². The van der Waals surface area contributed by atoms with Gasteiger partial charge in [0.25, 0.3) is 5.91 Å². The second-order valence-electron chi connectivity index (χ2n) is 6.48. The Balaban J connectivity index is 2.11. The largest absolute Gasteiger partial charge is 0.422 e. The Morgan fingerprint density at radius 1 is 1.19 bits per heavy atom. The minimum absolute atomic E-state index is 0.0869. The van der Waals surface area contributed by atoms with Gasteiger partial charge in [0.1, 0.15) is 11.1 Å². The maximum Gasteiger partial charge on any atom is 0.349 e. The van der Waals surface area contributed by atoms with Gasteiger partial charge in [0, 0.05) is 48.1 Å². The minimum atomic E-state index is -0.769. The molecule has 1 amide bonds. The molecule has 0 saturated heterocycles. The fourth-order valence-electron chi connectivity index (χ4n) is 3.77. The molecule has 1 aliphatic heterocycles. The normalized spacial score (nSPS) is 13.9. The maximum atomic E-state index is 12.5. The predicted octanol–water partition coefficient (Wildman–Crippen LogP) is 3.29. The van der Waals surface area contributed by atoms with Gasteiger partial charge in [0.2, 0.25) is 0 Å². The maximum absolute atomic E-state index is 12.5. The third-order valence-corrected chi connectivity index (χ3v) is 5.99. The molecule has 0 atom stereocenters. The summed E-state index contributed by atoms with van der Waals surface area (Å²) in [6.45, 7) is 7.83. The average molecular weight is 383 g/mol. The first-order chi connectivity index (χ1) is 13.0. The number of fused-ring (bicyclic) bond motifs is 2. The van der Waals surface area contributed by atoms with E-state index in [9.17, 15) is 9.59 Å². The predicted molar refractivity (Wildman–Crippen MR) is 110 cm³/mol. The van der Waals surface area contributed by atoms with Gasteiger partial charge in [-0.15, -0.1) is 11.3 Å². The number of nitrogens with zero attached hydrogens (tertiary/aromatic N) is 2. The zero-order chi connectivity index (χ0) is 19.1. The molecule has 0 saturated carbocycles. The van der Waals surface area contributed by atoms with Crippen LogP contribution >= 0.6 is 11.3 Å². The second-order valence-corrected chi connectivity index (χ2v) is 7.43. The molecule has 1 aromatic carbocycles. The number of carbonyl (C=O) groups excluding carboxylic acids is 1. The molecular formula is C20H21N3O3S. The van der Waals surface area contributed by atoms with Crippen LogP contribution in [-0.2, 0) is 0 Å². The number of rotatable bonds is 4. The van der Waals surface area contributed by atoms with Crippen molar-refractivity contribution < 1.29 is 9.21 Å². The second kappa shape index (κ2) is 6.74. The molecule has 140 valence electrons. The van der Waals surface area contributed by atoms with Crippen LogP contribution in [0.2, 0.25) is 0 Å². The molecule has 2 N–H and O–H groups in total. The zero-order valence-corrected chi connectivity index (χ0v) is 16.1. The molecule has 7 heteroatoms. The van der Waals surface area contributed by atoms with Crippen molar-refractivity contribution in [3.63, 3.8) is 0 Å². The van der Waals surface area contributed by atoms with E-state index in [4.69, 9.17) is 10.2 Å². The van der Waals surface area contributed by atoms with E-state index in [0.29, 0.717) is 11.1 Å². The fourth-order valence-corrected chi connectivity index (χ4v) is 4.56. The summed E-state index contributed by atoms with van der Waals surface area (Å²) in [5.74, 6) is -0.769. The molecule has 0 spiro atoms. The highest BCUT2D eigenvalue weighted by atomic mass is 32.1. The lowest BCUT2D eigenvalue weighted by Gasteiger charge is -2.38. The number of carbonyl (C=O) groups is 1. The van der Waals surface area contributed by atoms with E-state index in [-0.39, 0.29) is 5.56 Å². The highest BCUT2D eigenvalue weighted by molar-refractivity contribution is 7.13. The van der Waals surface area contributed by atoms with Crippen LogP contribution in [0.25, 0.3) is 21.4 Å². The Hall–Kier alpha value is -2.80. The smallest absolute Gasteiger partial charge is 0.349 e. The van der Waals surface area contributed by atoms with E-state index >= 15 is 0 Å². The van der Waals surface area contributed by atoms with Crippen molar-refractivity contribution in [3.8, 4) is 10.4 Å². The molecule has 1 aliphatic rings. The number of nitrogens with two attached hydrogens (primary N) is 1. The third kappa shape index (κ3) is 2.78. The van der Waals surface area contributed by atoms with Crippen molar-refractivity contribution in [3.05, 3.63) is 45.6 Å². The fraction of sp³-hybridized carbons (Fsp3) is 0.300. The topological polar surface area (TPSA) is 79.8 Å². The van der Waals surface area contributed by atoms with Crippen LogP contribution in [-0.4, -0.2) is 32.1 Å². The monoisotopic (exact) mass is 383 g/mol. The number of anilines is 2. The number of hydrogen-bond acceptors (Lipinski definition) is 6. The van der Waals surface area contributed by atoms with Crippen LogP contribution in [0.3, 0.4) is 0 Å². The molecule has 2 aromatic heterocycles. The summed E-state index contributed by atoms with van der Waals surface area (Å²) < 4.78 is 5.52. The van der Waals surface area contributed by atoms with Gasteiger partial charge in [0.15, 0.2) is 0 Å². The van der Waals surface area contributed by atoms with Crippen molar-refractivity contribution >= 4 is 39.6 Å². The Kier molecular flexibility index (Phi) is 4.39. The summed E-state index contributed by atoms with van der Waals surface area (Å²) in [4.78, 5) is 30.0. The Labute approximate surface area is 160 Å². The van der Waals surface area contributed by atoms with Crippen molar-refractivity contribution in [2.24, 2.45) is 5.73 Å². The molecule has 6 nitrogen and oxygen atoms in total. The van der Waals surface area contributed by atoms with Crippen LogP contribution in [0.5, 0.6) is 0 Å². The first kappa shape index (κ1) is 17.6. The van der Waals surface area contributed by atoms with Gasteiger partial charge in [-0.3, -0.25) is 4.79 Å². The van der Waals surface area contributed by atoms with Gasteiger partial charge in [-0.05, 0) is 31.4 Å². The summed E-state index contributed by atoms with van der Waals surface area (Å²) in [6, 6.07) is 7.72. The first-order valence-corrected chi connectivity index (χ1v) is 9.91.